The van der Waals surface area contributed by atoms with Crippen LogP contribution in [-0.2, 0) is 33.9 Å². The van der Waals surface area contributed by atoms with Crippen molar-refractivity contribution in [2.24, 2.45) is 0 Å². The van der Waals surface area contributed by atoms with Crippen molar-refractivity contribution < 1.29 is 42.3 Å². The van der Waals surface area contributed by atoms with Crippen LogP contribution in [0.5, 0.6) is 0 Å². The fourth-order valence-corrected chi connectivity index (χ4v) is 6.10. The minimum absolute atomic E-state index is 0.0286. The maximum absolute atomic E-state index is 13.9. The first-order valence-electron chi connectivity index (χ1n) is 16.6. The summed E-state index contributed by atoms with van der Waals surface area (Å²) in [6, 6.07) is 19.9. The van der Waals surface area contributed by atoms with Gasteiger partial charge in [-0.3, -0.25) is 19.2 Å². The molecule has 2 N–H and O–H groups in total. The number of anilines is 1. The van der Waals surface area contributed by atoms with Gasteiger partial charge in [0.2, 0.25) is 11.8 Å². The van der Waals surface area contributed by atoms with Gasteiger partial charge in [-0.25, -0.2) is 4.79 Å². The monoisotopic (exact) mass is 739 g/mol. The number of hydrogen-bond acceptors (Lipinski definition) is 6. The van der Waals surface area contributed by atoms with Gasteiger partial charge in [-0.05, 0) is 65.6 Å². The molecular weight excluding hydrogens is 703 g/mol. The number of halogens is 4. The van der Waals surface area contributed by atoms with Crippen LogP contribution < -0.4 is 10.2 Å². The highest BCUT2D eigenvalue weighted by atomic mass is 35.5. The molecule has 3 aromatic rings. The molecule has 3 aromatic carbocycles. The lowest BCUT2D eigenvalue weighted by Crippen LogP contribution is -2.46. The molecule has 11 nitrogen and oxygen atoms in total. The van der Waals surface area contributed by atoms with Gasteiger partial charge in [0.15, 0.2) is 0 Å². The molecule has 1 saturated heterocycles. The van der Waals surface area contributed by atoms with Crippen LogP contribution in [0.25, 0.3) is 0 Å². The molecule has 0 aromatic heterocycles. The Hall–Kier alpha value is -5.21. The molecule has 274 valence electrons. The number of nitrogens with one attached hydrogen (secondary N) is 1. The molecule has 3 aliphatic rings. The number of fused-ring (bicyclic) bond motifs is 1. The Labute approximate surface area is 303 Å². The summed E-state index contributed by atoms with van der Waals surface area (Å²) in [6.07, 6.45) is -0.195. The molecule has 0 radical (unpaired) electrons. The predicted octanol–water partition coefficient (Wildman–Crippen LogP) is 4.54. The van der Waals surface area contributed by atoms with Crippen molar-refractivity contribution in [3.63, 3.8) is 0 Å². The van der Waals surface area contributed by atoms with Crippen LogP contribution in [0.1, 0.15) is 43.8 Å². The van der Waals surface area contributed by atoms with Gasteiger partial charge in [0.1, 0.15) is 6.54 Å². The molecule has 1 fully saturated rings. The molecule has 0 bridgehead atoms. The van der Waals surface area contributed by atoms with E-state index < -0.39 is 12.1 Å². The summed E-state index contributed by atoms with van der Waals surface area (Å²) in [7, 11) is 0. The fraction of sp³-hybridized carbons (Fsp3) is 0.324. The van der Waals surface area contributed by atoms with Gasteiger partial charge in [-0.15, -0.1) is 0 Å². The van der Waals surface area contributed by atoms with Crippen molar-refractivity contribution in [3.8, 4) is 0 Å². The van der Waals surface area contributed by atoms with Crippen molar-refractivity contribution in [1.82, 2.24) is 20.0 Å². The summed E-state index contributed by atoms with van der Waals surface area (Å²) < 4.78 is 31.7. The van der Waals surface area contributed by atoms with Gasteiger partial charge in [0.25, 0.3) is 11.8 Å². The van der Waals surface area contributed by atoms with E-state index in [0.29, 0.717) is 55.2 Å². The van der Waals surface area contributed by atoms with E-state index in [9.17, 15) is 32.3 Å². The van der Waals surface area contributed by atoms with Crippen molar-refractivity contribution in [2.75, 3.05) is 50.7 Å². The van der Waals surface area contributed by atoms with E-state index in [-0.39, 0.29) is 43.3 Å². The van der Waals surface area contributed by atoms with Crippen LogP contribution in [0.3, 0.4) is 0 Å². The van der Waals surface area contributed by atoms with Gasteiger partial charge >= 0.3 is 12.1 Å². The van der Waals surface area contributed by atoms with Crippen LogP contribution in [0.15, 0.2) is 78.9 Å². The summed E-state index contributed by atoms with van der Waals surface area (Å²) in [5, 5.41) is 10.9. The van der Waals surface area contributed by atoms with Crippen LogP contribution in [0, 0.1) is 0 Å². The Morgan fingerprint density at radius 2 is 1.33 bits per heavy atom. The molecule has 0 saturated carbocycles. The first-order chi connectivity index (χ1) is 24.8. The second-order valence-electron chi connectivity index (χ2n) is 12.4. The molecule has 0 aliphatic carbocycles. The molecule has 15 heteroatoms. The summed E-state index contributed by atoms with van der Waals surface area (Å²) in [6.45, 7) is 4.68. The molecular formula is C37H37ClF3N5O6. The highest BCUT2D eigenvalue weighted by Gasteiger charge is 2.38. The van der Waals surface area contributed by atoms with Gasteiger partial charge in [-0.2, -0.15) is 13.2 Å². The number of aryl methyl sites for hydroxylation is 1. The van der Waals surface area contributed by atoms with E-state index in [1.165, 1.54) is 0 Å². The second-order valence-corrected chi connectivity index (χ2v) is 12.9. The number of alkyl halides is 3. The van der Waals surface area contributed by atoms with Crippen LogP contribution in [0.4, 0.5) is 18.9 Å². The van der Waals surface area contributed by atoms with E-state index >= 15 is 0 Å². The van der Waals surface area contributed by atoms with Crippen molar-refractivity contribution in [2.45, 2.75) is 32.1 Å². The normalized spacial score (nSPS) is 15.8. The zero-order chi connectivity index (χ0) is 37.4. The van der Waals surface area contributed by atoms with Gasteiger partial charge < -0.3 is 30.0 Å². The van der Waals surface area contributed by atoms with Gasteiger partial charge in [0, 0.05) is 74.1 Å². The number of benzene rings is 3. The van der Waals surface area contributed by atoms with Crippen LogP contribution in [0.2, 0.25) is 5.02 Å². The van der Waals surface area contributed by atoms with Gasteiger partial charge in [-0.1, -0.05) is 48.0 Å². The third-order valence-electron chi connectivity index (χ3n) is 8.79. The Morgan fingerprint density at radius 1 is 0.769 bits per heavy atom. The zero-order valence-electron chi connectivity index (χ0n) is 28.1. The molecule has 3 aliphatic heterocycles. The van der Waals surface area contributed by atoms with Crippen molar-refractivity contribution in [1.29, 1.82) is 0 Å². The largest absolute Gasteiger partial charge is 0.490 e. The number of carbonyl (C=O) groups is 5. The number of carbonyl (C=O) groups excluding carboxylic acids is 4. The lowest BCUT2D eigenvalue weighted by molar-refractivity contribution is -0.192. The second kappa shape index (κ2) is 16.9. The number of hydrogen-bond donors (Lipinski definition) is 2. The number of rotatable bonds is 7. The van der Waals surface area contributed by atoms with E-state index in [2.05, 4.69) is 5.32 Å². The molecule has 3 heterocycles. The molecule has 0 atom stereocenters. The van der Waals surface area contributed by atoms with Gasteiger partial charge in [0.05, 0.1) is 6.54 Å². The molecule has 6 rings (SSSR count). The van der Waals surface area contributed by atoms with Crippen LogP contribution >= 0.6 is 11.6 Å². The molecule has 0 unspecified atom stereocenters. The Bertz CT molecular complexity index is 1820. The van der Waals surface area contributed by atoms with Crippen LogP contribution in [-0.4, -0.2) is 101 Å². The summed E-state index contributed by atoms with van der Waals surface area (Å²) in [4.78, 5) is 68.9. The Kier molecular flexibility index (Phi) is 12.3. The maximum atomic E-state index is 13.9. The van der Waals surface area contributed by atoms with E-state index in [1.54, 1.807) is 51.1 Å². The van der Waals surface area contributed by atoms with E-state index in [0.717, 1.165) is 35.5 Å². The smallest absolute Gasteiger partial charge is 0.475 e. The Balaban J connectivity index is 0.000000679. The van der Waals surface area contributed by atoms with E-state index in [1.807, 2.05) is 47.4 Å². The number of carboxylic acids is 1. The number of amides is 4. The summed E-state index contributed by atoms with van der Waals surface area (Å²) in [5.74, 6) is -3.13. The SMILES string of the molecule is O=C(CCc1ccc2c(c1)N(Cc1ccc(C(=O)N3CC=CC3)cc1)C(=O)CN(C(=O)c1ccc(Cl)cc1)C2)N1CCNCC1.O=C(O)C(F)(F)F. The zero-order valence-corrected chi connectivity index (χ0v) is 28.8. The lowest BCUT2D eigenvalue weighted by atomic mass is 10.0. The minimum atomic E-state index is -5.08. The summed E-state index contributed by atoms with van der Waals surface area (Å²) >= 11 is 6.04. The average molecular weight is 740 g/mol. The van der Waals surface area contributed by atoms with Crippen molar-refractivity contribution in [3.05, 3.63) is 112 Å². The average Bonchev–Trinajstić information content (AvgIpc) is 3.64. The first kappa shape index (κ1) is 38.0. The fourth-order valence-electron chi connectivity index (χ4n) is 5.97. The standard InChI is InChI=1S/C35H36ClN5O4.C2HF3O2/c36-30-12-10-28(11-13-30)35(45)40-23-29-9-3-25(6-14-32(42)38-19-15-37-16-20-38)21-31(29)41(33(43)24-40)22-26-4-7-27(8-5-26)34(44)39-17-1-2-18-39;3-2(4,5)1(6)7/h1-5,7-13,21,37H,6,14-20,22-24H2;(H,6,7). The number of carboxylic acid groups (broad SMARTS) is 1. The number of aliphatic carboxylic acids is 1. The topological polar surface area (TPSA) is 131 Å². The lowest BCUT2D eigenvalue weighted by Gasteiger charge is -2.27. The summed E-state index contributed by atoms with van der Waals surface area (Å²) in [5.41, 5.74) is 4.44. The molecule has 4 amide bonds. The highest BCUT2D eigenvalue weighted by Crippen LogP contribution is 2.30. The quantitative estimate of drug-likeness (QED) is 0.341. The third-order valence-corrected chi connectivity index (χ3v) is 9.05. The van der Waals surface area contributed by atoms with E-state index in [4.69, 9.17) is 21.5 Å². The third kappa shape index (κ3) is 9.76. The molecule has 52 heavy (non-hydrogen) atoms. The van der Waals surface area contributed by atoms with Crippen molar-refractivity contribution >= 4 is 46.9 Å². The number of nitrogens with zero attached hydrogens (tertiary/aromatic N) is 4. The molecule has 0 spiro atoms. The minimum Gasteiger partial charge on any atom is -0.475 e. The predicted molar refractivity (Wildman–Crippen MR) is 187 cm³/mol. The Morgan fingerprint density at radius 3 is 1.92 bits per heavy atom. The first-order valence-corrected chi connectivity index (χ1v) is 17.0. The maximum Gasteiger partial charge on any atom is 0.490 e. The highest BCUT2D eigenvalue weighted by molar-refractivity contribution is 6.30. The number of piperazine rings is 1.